The lowest BCUT2D eigenvalue weighted by Crippen LogP contribution is -2.40. The Kier molecular flexibility index (Phi) is 7.78. The van der Waals surface area contributed by atoms with Gasteiger partial charge in [-0.05, 0) is 60.9 Å². The standard InChI is InChI=1S/C22H27N3O5S/c1-17(19-6-8-20(29-2)9-7-19)23-24-22(26)12-5-18-3-10-21(11-4-18)31(27,28)25-13-15-30-16-14-25/h3-4,6-11H,5,12-16H2,1-2H3,(H,24,26)/b23-17+. The number of hydrazone groups is 1. The van der Waals surface area contributed by atoms with Gasteiger partial charge in [0.15, 0.2) is 0 Å². The fourth-order valence-corrected chi connectivity index (χ4v) is 4.53. The Morgan fingerprint density at radius 3 is 2.35 bits per heavy atom. The van der Waals surface area contributed by atoms with Crippen molar-refractivity contribution >= 4 is 21.6 Å². The number of nitrogens with one attached hydrogen (secondary N) is 1. The highest BCUT2D eigenvalue weighted by Crippen LogP contribution is 2.18. The molecular formula is C22H27N3O5S. The molecule has 1 heterocycles. The Balaban J connectivity index is 1.51. The third kappa shape index (κ3) is 6.13. The lowest BCUT2D eigenvalue weighted by molar-refractivity contribution is -0.121. The van der Waals surface area contributed by atoms with Crippen LogP contribution in [0.15, 0.2) is 58.5 Å². The lowest BCUT2D eigenvalue weighted by atomic mass is 10.1. The highest BCUT2D eigenvalue weighted by atomic mass is 32.2. The first-order valence-electron chi connectivity index (χ1n) is 10.0. The van der Waals surface area contributed by atoms with Crippen LogP contribution in [0.3, 0.4) is 0 Å². The van der Waals surface area contributed by atoms with Crippen molar-refractivity contribution in [2.45, 2.75) is 24.7 Å². The Hall–Kier alpha value is -2.75. The second-order valence-electron chi connectivity index (χ2n) is 7.12. The fourth-order valence-electron chi connectivity index (χ4n) is 3.12. The first-order valence-corrected chi connectivity index (χ1v) is 11.5. The highest BCUT2D eigenvalue weighted by molar-refractivity contribution is 7.89. The van der Waals surface area contributed by atoms with Gasteiger partial charge in [-0.1, -0.05) is 12.1 Å². The van der Waals surface area contributed by atoms with Gasteiger partial charge >= 0.3 is 0 Å². The van der Waals surface area contributed by atoms with Crippen molar-refractivity contribution in [1.82, 2.24) is 9.73 Å². The third-order valence-electron chi connectivity index (χ3n) is 5.03. The van der Waals surface area contributed by atoms with E-state index in [2.05, 4.69) is 10.5 Å². The van der Waals surface area contributed by atoms with Gasteiger partial charge in [0.2, 0.25) is 15.9 Å². The van der Waals surface area contributed by atoms with Crippen LogP contribution in [0.4, 0.5) is 0 Å². The van der Waals surface area contributed by atoms with E-state index in [4.69, 9.17) is 9.47 Å². The smallest absolute Gasteiger partial charge is 0.243 e. The number of morpholine rings is 1. The number of amides is 1. The van der Waals surface area contributed by atoms with Crippen LogP contribution in [0.1, 0.15) is 24.5 Å². The summed E-state index contributed by atoms with van der Waals surface area (Å²) in [7, 11) is -1.91. The molecule has 0 aliphatic carbocycles. The normalized spacial score (nSPS) is 15.5. The van der Waals surface area contributed by atoms with Gasteiger partial charge in [-0.2, -0.15) is 9.41 Å². The maximum absolute atomic E-state index is 12.7. The molecule has 31 heavy (non-hydrogen) atoms. The molecule has 9 heteroatoms. The fraction of sp³-hybridized carbons (Fsp3) is 0.364. The number of rotatable bonds is 8. The van der Waals surface area contributed by atoms with Crippen molar-refractivity contribution in [1.29, 1.82) is 0 Å². The van der Waals surface area contributed by atoms with Crippen molar-refractivity contribution in [3.05, 3.63) is 59.7 Å². The number of nitrogens with zero attached hydrogens (tertiary/aromatic N) is 2. The molecule has 1 aliphatic rings. The number of aryl methyl sites for hydroxylation is 1. The first kappa shape index (κ1) is 22.9. The average molecular weight is 446 g/mol. The molecule has 2 aromatic rings. The second-order valence-corrected chi connectivity index (χ2v) is 9.06. The maximum atomic E-state index is 12.7. The molecule has 3 rings (SSSR count). The number of carbonyl (C=O) groups is 1. The molecule has 0 saturated carbocycles. The molecule has 1 fully saturated rings. The Bertz CT molecular complexity index is 1010. The van der Waals surface area contributed by atoms with E-state index in [-0.39, 0.29) is 17.2 Å². The summed E-state index contributed by atoms with van der Waals surface area (Å²) in [5.74, 6) is 0.544. The highest BCUT2D eigenvalue weighted by Gasteiger charge is 2.26. The van der Waals surface area contributed by atoms with Crippen molar-refractivity contribution in [3.63, 3.8) is 0 Å². The van der Waals surface area contributed by atoms with Gasteiger partial charge in [0, 0.05) is 19.5 Å². The monoisotopic (exact) mass is 445 g/mol. The maximum Gasteiger partial charge on any atom is 0.243 e. The second kappa shape index (κ2) is 10.5. The number of methoxy groups -OCH3 is 1. The molecule has 1 N–H and O–H groups in total. The molecule has 0 unspecified atom stereocenters. The zero-order valence-corrected chi connectivity index (χ0v) is 18.5. The van der Waals surface area contributed by atoms with Crippen molar-refractivity contribution in [3.8, 4) is 5.75 Å². The number of hydrogen-bond acceptors (Lipinski definition) is 6. The topological polar surface area (TPSA) is 97.3 Å². The van der Waals surface area contributed by atoms with Gasteiger partial charge in [0.25, 0.3) is 0 Å². The average Bonchev–Trinajstić information content (AvgIpc) is 2.82. The summed E-state index contributed by atoms with van der Waals surface area (Å²) in [5.41, 5.74) is 5.02. The molecule has 0 bridgehead atoms. The number of sulfonamides is 1. The predicted molar refractivity (Wildman–Crippen MR) is 118 cm³/mol. The Morgan fingerprint density at radius 2 is 1.74 bits per heavy atom. The van der Waals surface area contributed by atoms with Gasteiger partial charge in [0.05, 0.1) is 30.9 Å². The van der Waals surface area contributed by atoms with Gasteiger partial charge in [-0.15, -0.1) is 0 Å². The zero-order valence-electron chi connectivity index (χ0n) is 17.7. The molecular weight excluding hydrogens is 418 g/mol. The summed E-state index contributed by atoms with van der Waals surface area (Å²) in [5, 5.41) is 4.14. The summed E-state index contributed by atoms with van der Waals surface area (Å²) < 4.78 is 37.1. The molecule has 0 aromatic heterocycles. The minimum atomic E-state index is -3.51. The van der Waals surface area contributed by atoms with E-state index < -0.39 is 10.0 Å². The zero-order chi connectivity index (χ0) is 22.3. The molecule has 1 amide bonds. The van der Waals surface area contributed by atoms with E-state index >= 15 is 0 Å². The number of hydrogen-bond donors (Lipinski definition) is 1. The lowest BCUT2D eigenvalue weighted by Gasteiger charge is -2.26. The van der Waals surface area contributed by atoms with Crippen LogP contribution in [0.5, 0.6) is 5.75 Å². The molecule has 166 valence electrons. The summed E-state index contributed by atoms with van der Waals surface area (Å²) in [6, 6.07) is 14.1. The van der Waals surface area contributed by atoms with Gasteiger partial charge in [-0.3, -0.25) is 4.79 Å². The molecule has 2 aromatic carbocycles. The third-order valence-corrected chi connectivity index (χ3v) is 6.94. The van der Waals surface area contributed by atoms with Crippen LogP contribution >= 0.6 is 0 Å². The van der Waals surface area contributed by atoms with Gasteiger partial charge in [-0.25, -0.2) is 13.8 Å². The molecule has 0 atom stereocenters. The van der Waals surface area contributed by atoms with Crippen LogP contribution in [-0.2, 0) is 26.0 Å². The summed E-state index contributed by atoms with van der Waals surface area (Å²) in [6.45, 7) is 3.36. The number of ether oxygens (including phenoxy) is 2. The van der Waals surface area contributed by atoms with Crippen LogP contribution in [-0.4, -0.2) is 57.8 Å². The van der Waals surface area contributed by atoms with E-state index in [9.17, 15) is 13.2 Å². The number of carbonyl (C=O) groups excluding carboxylic acids is 1. The van der Waals surface area contributed by atoms with E-state index in [1.807, 2.05) is 31.2 Å². The molecule has 0 spiro atoms. The Morgan fingerprint density at radius 1 is 1.10 bits per heavy atom. The quantitative estimate of drug-likeness (QED) is 0.496. The minimum Gasteiger partial charge on any atom is -0.497 e. The molecule has 1 aliphatic heterocycles. The first-order chi connectivity index (χ1) is 14.9. The van der Waals surface area contributed by atoms with Crippen molar-refractivity contribution in [2.75, 3.05) is 33.4 Å². The van der Waals surface area contributed by atoms with E-state index in [1.54, 1.807) is 31.4 Å². The van der Waals surface area contributed by atoms with Crippen molar-refractivity contribution < 1.29 is 22.7 Å². The summed E-state index contributed by atoms with van der Waals surface area (Å²) in [4.78, 5) is 12.4. The Labute approximate surface area is 182 Å². The van der Waals surface area contributed by atoms with E-state index in [0.717, 1.165) is 16.9 Å². The molecule has 0 radical (unpaired) electrons. The van der Waals surface area contributed by atoms with Crippen LogP contribution in [0, 0.1) is 0 Å². The van der Waals surface area contributed by atoms with Crippen LogP contribution in [0.2, 0.25) is 0 Å². The predicted octanol–water partition coefficient (Wildman–Crippen LogP) is 2.19. The van der Waals surface area contributed by atoms with Crippen LogP contribution in [0.25, 0.3) is 0 Å². The van der Waals surface area contributed by atoms with Gasteiger partial charge < -0.3 is 9.47 Å². The van der Waals surface area contributed by atoms with Gasteiger partial charge in [0.1, 0.15) is 5.75 Å². The summed E-state index contributed by atoms with van der Waals surface area (Å²) >= 11 is 0. The van der Waals surface area contributed by atoms with E-state index in [1.165, 1.54) is 4.31 Å². The largest absolute Gasteiger partial charge is 0.497 e. The number of benzene rings is 2. The molecule has 1 saturated heterocycles. The summed E-state index contributed by atoms with van der Waals surface area (Å²) in [6.07, 6.45) is 0.732. The SMILES string of the molecule is COc1ccc(/C(C)=N/NC(=O)CCc2ccc(S(=O)(=O)N3CCOCC3)cc2)cc1. The molecule has 8 nitrogen and oxygen atoms in total. The minimum absolute atomic E-state index is 0.210. The van der Waals surface area contributed by atoms with E-state index in [0.29, 0.717) is 38.4 Å². The van der Waals surface area contributed by atoms with Crippen LogP contribution < -0.4 is 10.2 Å². The van der Waals surface area contributed by atoms with Crippen molar-refractivity contribution in [2.24, 2.45) is 5.10 Å².